The Morgan fingerprint density at radius 1 is 0.980 bits per heavy atom. The Hall–Kier alpha value is -0.810. The molecule has 0 aromatic heterocycles. The maximum atomic E-state index is 13.4. The topological polar surface area (TPSA) is 112 Å². The Bertz CT molecular complexity index is 1340. The fourth-order valence-corrected chi connectivity index (χ4v) is 15.0. The fourth-order valence-electron chi connectivity index (χ4n) is 15.0. The second kappa shape index (κ2) is 12.3. The highest BCUT2D eigenvalue weighted by Gasteiger charge is 2.84. The van der Waals surface area contributed by atoms with Gasteiger partial charge < -0.3 is 39.3 Å². The predicted molar refractivity (Wildman–Crippen MR) is 194 cm³/mol. The van der Waals surface area contributed by atoms with E-state index in [2.05, 4.69) is 46.6 Å². The fraction of sp³-hybridized carbons (Fsp3) is 0.976. The molecule has 3 heterocycles. The van der Waals surface area contributed by atoms with Crippen LogP contribution in [0.1, 0.15) is 119 Å². The van der Waals surface area contributed by atoms with E-state index in [4.69, 9.17) is 14.2 Å². The number of piperidine rings is 1. The highest BCUT2D eigenvalue weighted by atomic mass is 16.7. The zero-order chi connectivity index (χ0) is 36.5. The molecule has 0 bridgehead atoms. The van der Waals surface area contributed by atoms with Gasteiger partial charge in [0, 0.05) is 18.4 Å². The van der Waals surface area contributed by atoms with Crippen molar-refractivity contribution < 1.29 is 34.3 Å². The molecule has 4 unspecified atom stereocenters. The summed E-state index contributed by atoms with van der Waals surface area (Å²) in [5.74, 6) is 2.27. The van der Waals surface area contributed by atoms with Gasteiger partial charge in [0.05, 0.1) is 43.2 Å². The van der Waals surface area contributed by atoms with Gasteiger partial charge >= 0.3 is 0 Å². The third-order valence-corrected chi connectivity index (χ3v) is 17.8. The first kappa shape index (κ1) is 37.1. The SMILES string of the molecule is C[C@@H]1C[C@H]([C@H](O)C(C)(C)O)O[C@H]2C1[C@@]1(C)CC[C@@]34CC35CCC(OC3CN(C(=O)CC6CCN(C)CC6)CCO3)C(C)(C)[C@@H]5CC[C@H]4[C@]1(C)[C@H]2O. The van der Waals surface area contributed by atoms with Gasteiger partial charge in [-0.2, -0.15) is 0 Å². The second-order valence-electron chi connectivity index (χ2n) is 20.9. The van der Waals surface area contributed by atoms with E-state index in [0.717, 1.165) is 58.0 Å². The number of nitrogens with zero attached hydrogens (tertiary/aromatic N) is 2. The molecule has 9 nitrogen and oxygen atoms in total. The van der Waals surface area contributed by atoms with Gasteiger partial charge in [-0.15, -0.1) is 0 Å². The number of aliphatic hydroxyl groups is 3. The molecule has 1 amide bonds. The molecule has 14 atom stereocenters. The minimum Gasteiger partial charge on any atom is -0.390 e. The van der Waals surface area contributed by atoms with Gasteiger partial charge in [-0.25, -0.2) is 0 Å². The summed E-state index contributed by atoms with van der Waals surface area (Å²) in [6.07, 6.45) is 8.94. The van der Waals surface area contributed by atoms with Crippen LogP contribution in [0.2, 0.25) is 0 Å². The molecule has 0 aromatic carbocycles. The minimum absolute atomic E-state index is 0.0154. The lowest BCUT2D eigenvalue weighted by molar-refractivity contribution is -0.248. The molecule has 290 valence electrons. The number of carbonyl (C=O) groups is 1. The summed E-state index contributed by atoms with van der Waals surface area (Å²) >= 11 is 0. The number of rotatable bonds is 6. The lowest BCUT2D eigenvalue weighted by atomic mass is 9.41. The van der Waals surface area contributed by atoms with E-state index in [1.54, 1.807) is 13.8 Å². The maximum absolute atomic E-state index is 13.4. The van der Waals surface area contributed by atoms with E-state index in [1.807, 2.05) is 4.90 Å². The predicted octanol–water partition coefficient (Wildman–Crippen LogP) is 5.23. The average molecular weight is 715 g/mol. The van der Waals surface area contributed by atoms with Crippen LogP contribution in [0.4, 0.5) is 0 Å². The molecule has 3 N–H and O–H groups in total. The van der Waals surface area contributed by atoms with Crippen LogP contribution in [0.15, 0.2) is 0 Å². The molecule has 3 aliphatic heterocycles. The van der Waals surface area contributed by atoms with E-state index in [9.17, 15) is 20.1 Å². The average Bonchev–Trinajstić information content (AvgIpc) is 3.71. The molecule has 5 saturated carbocycles. The first-order chi connectivity index (χ1) is 23.9. The van der Waals surface area contributed by atoms with Gasteiger partial charge in [-0.3, -0.25) is 4.79 Å². The molecular weight excluding hydrogens is 644 g/mol. The Labute approximate surface area is 307 Å². The number of likely N-dealkylation sites (tertiary alicyclic amines) is 1. The summed E-state index contributed by atoms with van der Waals surface area (Å²) in [7, 11) is 2.17. The van der Waals surface area contributed by atoms with Gasteiger partial charge in [0.25, 0.3) is 0 Å². The number of aliphatic hydroxyl groups excluding tert-OH is 2. The summed E-state index contributed by atoms with van der Waals surface area (Å²) in [5.41, 5.74) is -1.06. The monoisotopic (exact) mass is 715 g/mol. The Morgan fingerprint density at radius 2 is 1.67 bits per heavy atom. The third kappa shape index (κ3) is 5.34. The quantitative estimate of drug-likeness (QED) is 0.343. The van der Waals surface area contributed by atoms with Crippen molar-refractivity contribution in [2.45, 2.75) is 162 Å². The molecule has 3 saturated heterocycles. The molecule has 0 aromatic rings. The number of fused-ring (bicyclic) bond motifs is 4. The molecule has 5 aliphatic carbocycles. The molecular formula is C42H70N2O7. The zero-order valence-electron chi connectivity index (χ0n) is 33.0. The highest BCUT2D eigenvalue weighted by Crippen LogP contribution is 2.89. The van der Waals surface area contributed by atoms with Crippen LogP contribution in [0.3, 0.4) is 0 Å². The summed E-state index contributed by atoms with van der Waals surface area (Å²) in [5, 5.41) is 34.2. The molecule has 2 spiro atoms. The van der Waals surface area contributed by atoms with Gasteiger partial charge in [0.1, 0.15) is 6.10 Å². The van der Waals surface area contributed by atoms with Crippen LogP contribution in [-0.2, 0) is 19.0 Å². The van der Waals surface area contributed by atoms with Crippen LogP contribution in [0.25, 0.3) is 0 Å². The number of hydrogen-bond donors (Lipinski definition) is 3. The summed E-state index contributed by atoms with van der Waals surface area (Å²) in [6.45, 7) is 19.2. The van der Waals surface area contributed by atoms with Crippen molar-refractivity contribution in [1.29, 1.82) is 0 Å². The number of amides is 1. The van der Waals surface area contributed by atoms with Crippen LogP contribution in [-0.4, -0.2) is 113 Å². The molecule has 9 heteroatoms. The Morgan fingerprint density at radius 3 is 2.37 bits per heavy atom. The Kier molecular flexibility index (Phi) is 8.99. The number of ether oxygens (including phenoxy) is 3. The minimum atomic E-state index is -1.26. The standard InChI is InChI=1S/C42H70N2O7/c1-25-21-27(35(46)38(4,5)48)50-34-33(25)39(6)15-16-42-24-41(42)14-11-30(37(2,3)28(41)9-10-29(42)40(39,7)36(34)47)51-32-23-44(19-20-49-32)31(45)22-26-12-17-43(8)18-13-26/h25-30,32-36,46-48H,9-24H2,1-8H3/t25-,27-,28+,29+,30?,32?,33?,34+,35+,36+,39-,40-,41?,42+/m1/s1. The van der Waals surface area contributed by atoms with Crippen LogP contribution in [0, 0.1) is 56.7 Å². The van der Waals surface area contributed by atoms with Crippen molar-refractivity contribution in [3.63, 3.8) is 0 Å². The van der Waals surface area contributed by atoms with Crippen LogP contribution >= 0.6 is 0 Å². The van der Waals surface area contributed by atoms with E-state index in [-0.39, 0.29) is 57.4 Å². The zero-order valence-corrected chi connectivity index (χ0v) is 33.0. The lowest BCUT2D eigenvalue weighted by Gasteiger charge is -2.64. The largest absolute Gasteiger partial charge is 0.390 e. The van der Waals surface area contributed by atoms with E-state index < -0.39 is 23.9 Å². The van der Waals surface area contributed by atoms with Crippen molar-refractivity contribution >= 4 is 5.91 Å². The molecule has 8 aliphatic rings. The van der Waals surface area contributed by atoms with Crippen molar-refractivity contribution in [1.82, 2.24) is 9.80 Å². The van der Waals surface area contributed by atoms with Crippen molar-refractivity contribution in [3.05, 3.63) is 0 Å². The molecule has 0 radical (unpaired) electrons. The first-order valence-corrected chi connectivity index (χ1v) is 20.9. The van der Waals surface area contributed by atoms with Crippen LogP contribution < -0.4 is 0 Å². The van der Waals surface area contributed by atoms with Crippen molar-refractivity contribution in [2.75, 3.05) is 39.8 Å². The summed E-state index contributed by atoms with van der Waals surface area (Å²) in [4.78, 5) is 17.7. The Balaban J connectivity index is 0.963. The van der Waals surface area contributed by atoms with Gasteiger partial charge in [-0.1, -0.05) is 34.6 Å². The third-order valence-electron chi connectivity index (χ3n) is 17.8. The van der Waals surface area contributed by atoms with E-state index >= 15 is 0 Å². The number of morpholine rings is 1. The van der Waals surface area contributed by atoms with Gasteiger partial charge in [-0.05, 0) is 149 Å². The molecule has 51 heavy (non-hydrogen) atoms. The van der Waals surface area contributed by atoms with E-state index in [1.165, 1.54) is 12.8 Å². The van der Waals surface area contributed by atoms with Crippen LogP contribution in [0.5, 0.6) is 0 Å². The molecule has 8 fully saturated rings. The van der Waals surface area contributed by atoms with Crippen molar-refractivity contribution in [3.8, 4) is 0 Å². The smallest absolute Gasteiger partial charge is 0.223 e. The summed E-state index contributed by atoms with van der Waals surface area (Å²) < 4.78 is 19.8. The first-order valence-electron chi connectivity index (χ1n) is 20.9. The normalized spacial score (nSPS) is 50.3. The number of hydrogen-bond acceptors (Lipinski definition) is 8. The van der Waals surface area contributed by atoms with E-state index in [0.29, 0.717) is 56.2 Å². The molecule has 8 rings (SSSR count). The van der Waals surface area contributed by atoms with Gasteiger partial charge in [0.2, 0.25) is 5.91 Å². The lowest BCUT2D eigenvalue weighted by Crippen LogP contribution is -2.60. The number of carbonyl (C=O) groups excluding carboxylic acids is 1. The maximum Gasteiger partial charge on any atom is 0.223 e. The second-order valence-corrected chi connectivity index (χ2v) is 20.9. The van der Waals surface area contributed by atoms with Gasteiger partial charge in [0.15, 0.2) is 6.29 Å². The summed E-state index contributed by atoms with van der Waals surface area (Å²) in [6, 6.07) is 0. The highest BCUT2D eigenvalue weighted by molar-refractivity contribution is 5.76. The van der Waals surface area contributed by atoms with Crippen molar-refractivity contribution in [2.24, 2.45) is 56.7 Å².